The van der Waals surface area contributed by atoms with Gasteiger partial charge in [-0.2, -0.15) is 0 Å². The molecule has 0 saturated heterocycles. The largest absolute Gasteiger partial charge is 0.497 e. The average Bonchev–Trinajstić information content (AvgIpc) is 2.66. The summed E-state index contributed by atoms with van der Waals surface area (Å²) in [6, 6.07) is 16.4. The van der Waals surface area contributed by atoms with Gasteiger partial charge in [0, 0.05) is 17.5 Å². The zero-order valence-electron chi connectivity index (χ0n) is 15.0. The van der Waals surface area contributed by atoms with E-state index in [-0.39, 0.29) is 29.6 Å². The number of benzene rings is 2. The summed E-state index contributed by atoms with van der Waals surface area (Å²) in [5.74, 6) is 0.883. The first-order valence-electron chi connectivity index (χ1n) is 8.57. The molecule has 2 atom stereocenters. The normalized spacial score (nSPS) is 16.8. The molecule has 0 spiro atoms. The number of thioether (sulfide) groups is 1. The summed E-state index contributed by atoms with van der Waals surface area (Å²) in [5.41, 5.74) is 2.67. The van der Waals surface area contributed by atoms with Crippen LogP contribution in [0, 0.1) is 0 Å². The van der Waals surface area contributed by atoms with Crippen molar-refractivity contribution in [2.24, 2.45) is 0 Å². The zero-order valence-corrected chi connectivity index (χ0v) is 16.7. The van der Waals surface area contributed by atoms with Gasteiger partial charge in [0.25, 0.3) is 0 Å². The number of halogens is 1. The molecular formula is C20H25ClN2O2S. The maximum absolute atomic E-state index is 12.4. The molecule has 0 bridgehead atoms. The molecule has 2 aromatic carbocycles. The Morgan fingerprint density at radius 3 is 2.73 bits per heavy atom. The van der Waals surface area contributed by atoms with Crippen molar-refractivity contribution in [2.45, 2.75) is 29.5 Å². The lowest BCUT2D eigenvalue weighted by atomic mass is 9.94. The van der Waals surface area contributed by atoms with Gasteiger partial charge in [0.2, 0.25) is 5.91 Å². The fourth-order valence-corrected chi connectivity index (χ4v) is 3.93. The lowest BCUT2D eigenvalue weighted by Crippen LogP contribution is -2.41. The van der Waals surface area contributed by atoms with Gasteiger partial charge in [0.1, 0.15) is 5.75 Å². The summed E-state index contributed by atoms with van der Waals surface area (Å²) in [7, 11) is 1.65. The minimum Gasteiger partial charge on any atom is -0.497 e. The Labute approximate surface area is 165 Å². The molecule has 0 aliphatic carbocycles. The van der Waals surface area contributed by atoms with Crippen LogP contribution < -0.4 is 15.4 Å². The van der Waals surface area contributed by atoms with Gasteiger partial charge in [-0.05, 0) is 55.3 Å². The van der Waals surface area contributed by atoms with Crippen molar-refractivity contribution in [1.82, 2.24) is 10.6 Å². The second kappa shape index (κ2) is 9.86. The minimum atomic E-state index is -0.146. The highest BCUT2D eigenvalue weighted by atomic mass is 35.5. The van der Waals surface area contributed by atoms with Crippen LogP contribution in [0.25, 0.3) is 0 Å². The van der Waals surface area contributed by atoms with Crippen molar-refractivity contribution in [1.29, 1.82) is 0 Å². The van der Waals surface area contributed by atoms with Crippen LogP contribution in [0.4, 0.5) is 0 Å². The number of fused-ring (bicyclic) bond motifs is 1. The molecule has 1 aliphatic rings. The van der Waals surface area contributed by atoms with Crippen molar-refractivity contribution >= 4 is 30.1 Å². The van der Waals surface area contributed by atoms with Crippen LogP contribution in [0.3, 0.4) is 0 Å². The summed E-state index contributed by atoms with van der Waals surface area (Å²) in [5, 5.41) is 6.44. The Morgan fingerprint density at radius 1 is 1.27 bits per heavy atom. The van der Waals surface area contributed by atoms with Gasteiger partial charge in [-0.1, -0.05) is 24.3 Å². The summed E-state index contributed by atoms with van der Waals surface area (Å²) in [6.07, 6.45) is 1.05. The van der Waals surface area contributed by atoms with Crippen molar-refractivity contribution in [3.63, 3.8) is 0 Å². The number of ether oxygens (including phenoxy) is 1. The second-order valence-corrected chi connectivity index (χ2v) is 7.55. The monoisotopic (exact) mass is 392 g/mol. The molecule has 2 N–H and O–H groups in total. The summed E-state index contributed by atoms with van der Waals surface area (Å²) >= 11 is 1.56. The Kier molecular flexibility index (Phi) is 7.82. The van der Waals surface area contributed by atoms with E-state index in [0.29, 0.717) is 6.54 Å². The quantitative estimate of drug-likeness (QED) is 0.737. The van der Waals surface area contributed by atoms with Gasteiger partial charge >= 0.3 is 0 Å². The average molecular weight is 393 g/mol. The number of methoxy groups -OCH3 is 1. The third-order valence-corrected chi connectivity index (χ3v) is 5.55. The van der Waals surface area contributed by atoms with E-state index in [1.54, 1.807) is 18.9 Å². The zero-order chi connectivity index (χ0) is 17.6. The molecule has 6 heteroatoms. The Balaban J connectivity index is 0.00000243. The van der Waals surface area contributed by atoms with E-state index in [9.17, 15) is 4.79 Å². The maximum atomic E-state index is 12.4. The molecule has 140 valence electrons. The van der Waals surface area contributed by atoms with Gasteiger partial charge in [-0.15, -0.1) is 24.2 Å². The third-order valence-electron chi connectivity index (χ3n) is 4.44. The van der Waals surface area contributed by atoms with Crippen molar-refractivity contribution < 1.29 is 9.53 Å². The highest BCUT2D eigenvalue weighted by molar-refractivity contribution is 8.00. The minimum absolute atomic E-state index is 0. The number of hydrogen-bond donors (Lipinski definition) is 2. The number of carbonyl (C=O) groups is 1. The molecule has 1 heterocycles. The van der Waals surface area contributed by atoms with Crippen LogP contribution in [0.5, 0.6) is 5.75 Å². The van der Waals surface area contributed by atoms with E-state index in [4.69, 9.17) is 4.74 Å². The van der Waals surface area contributed by atoms with Crippen LogP contribution in [-0.4, -0.2) is 31.4 Å². The van der Waals surface area contributed by atoms with Crippen molar-refractivity contribution in [3.8, 4) is 5.75 Å². The molecule has 3 rings (SSSR count). The highest BCUT2D eigenvalue weighted by Gasteiger charge is 2.21. The molecular weight excluding hydrogens is 368 g/mol. The number of rotatable bonds is 6. The fourth-order valence-electron chi connectivity index (χ4n) is 3.03. The van der Waals surface area contributed by atoms with Crippen LogP contribution in [-0.2, 0) is 11.2 Å². The van der Waals surface area contributed by atoms with Gasteiger partial charge in [0.05, 0.1) is 12.4 Å². The van der Waals surface area contributed by atoms with Crippen LogP contribution in [0.15, 0.2) is 53.4 Å². The molecule has 0 saturated carbocycles. The van der Waals surface area contributed by atoms with Crippen molar-refractivity contribution in [3.05, 3.63) is 59.7 Å². The third kappa shape index (κ3) is 5.16. The molecule has 2 unspecified atom stereocenters. The van der Waals surface area contributed by atoms with Crippen LogP contribution in [0.2, 0.25) is 0 Å². The standard InChI is InChI=1S/C20H24N2O2S.ClH/c1-14(25-17-9-7-16(24-2)8-10-17)20(23)22-13-19-18-6-4-3-5-15(18)11-12-21-19;/h3-10,14,19,21H,11-13H2,1-2H3,(H,22,23);1H. The first-order chi connectivity index (χ1) is 12.2. The molecule has 1 amide bonds. The second-order valence-electron chi connectivity index (χ2n) is 6.14. The summed E-state index contributed by atoms with van der Waals surface area (Å²) in [6.45, 7) is 3.50. The van der Waals surface area contributed by atoms with E-state index in [2.05, 4.69) is 34.9 Å². The van der Waals surface area contributed by atoms with Crippen LogP contribution in [0.1, 0.15) is 24.1 Å². The SMILES string of the molecule is COc1ccc(SC(C)C(=O)NCC2NCCc3ccccc32)cc1.Cl. The van der Waals surface area contributed by atoms with Crippen LogP contribution >= 0.6 is 24.2 Å². The summed E-state index contributed by atoms with van der Waals surface area (Å²) in [4.78, 5) is 13.5. The Hall–Kier alpha value is -1.69. The Bertz CT molecular complexity index is 724. The molecule has 0 radical (unpaired) electrons. The van der Waals surface area contributed by atoms with E-state index < -0.39 is 0 Å². The van der Waals surface area contributed by atoms with Gasteiger partial charge in [-0.25, -0.2) is 0 Å². The van der Waals surface area contributed by atoms with Gasteiger partial charge in [-0.3, -0.25) is 4.79 Å². The summed E-state index contributed by atoms with van der Waals surface area (Å²) < 4.78 is 5.16. The lowest BCUT2D eigenvalue weighted by Gasteiger charge is -2.27. The number of amides is 1. The Morgan fingerprint density at radius 2 is 2.00 bits per heavy atom. The van der Waals surface area contributed by atoms with E-state index in [1.807, 2.05) is 31.2 Å². The molecule has 0 aromatic heterocycles. The molecule has 0 fully saturated rings. The van der Waals surface area contributed by atoms with E-state index >= 15 is 0 Å². The smallest absolute Gasteiger partial charge is 0.233 e. The molecule has 1 aliphatic heterocycles. The first kappa shape index (κ1) is 20.6. The number of nitrogens with one attached hydrogen (secondary N) is 2. The predicted octanol–water partition coefficient (Wildman–Crippen LogP) is 3.60. The van der Waals surface area contributed by atoms with Gasteiger partial charge in [0.15, 0.2) is 0 Å². The molecule has 26 heavy (non-hydrogen) atoms. The topological polar surface area (TPSA) is 50.4 Å². The molecule has 4 nitrogen and oxygen atoms in total. The first-order valence-corrected chi connectivity index (χ1v) is 9.45. The maximum Gasteiger partial charge on any atom is 0.233 e. The van der Waals surface area contributed by atoms with E-state index in [1.165, 1.54) is 11.1 Å². The van der Waals surface area contributed by atoms with E-state index in [0.717, 1.165) is 23.6 Å². The number of hydrogen-bond acceptors (Lipinski definition) is 4. The fraction of sp³-hybridized carbons (Fsp3) is 0.350. The molecule has 2 aromatic rings. The van der Waals surface area contributed by atoms with Crippen molar-refractivity contribution in [2.75, 3.05) is 20.2 Å². The number of carbonyl (C=O) groups excluding carboxylic acids is 1. The predicted molar refractivity (Wildman–Crippen MR) is 109 cm³/mol. The van der Waals surface area contributed by atoms with Gasteiger partial charge < -0.3 is 15.4 Å². The highest BCUT2D eigenvalue weighted by Crippen LogP contribution is 2.26. The lowest BCUT2D eigenvalue weighted by molar-refractivity contribution is -0.120.